The van der Waals surface area contributed by atoms with Crippen LogP contribution in [0, 0.1) is 22.9 Å². The molecule has 94 valence electrons. The lowest BCUT2D eigenvalue weighted by Crippen LogP contribution is -2.06. The summed E-state index contributed by atoms with van der Waals surface area (Å²) in [6.07, 6.45) is 0. The molecule has 18 heavy (non-hydrogen) atoms. The number of rotatable bonds is 3. The van der Waals surface area contributed by atoms with Crippen molar-refractivity contribution in [3.05, 3.63) is 56.5 Å². The van der Waals surface area contributed by atoms with Gasteiger partial charge in [-0.05, 0) is 24.0 Å². The van der Waals surface area contributed by atoms with Gasteiger partial charge in [0.2, 0.25) is 0 Å². The maximum absolute atomic E-state index is 13.6. The van der Waals surface area contributed by atoms with Gasteiger partial charge in [0, 0.05) is 10.6 Å². The van der Waals surface area contributed by atoms with Crippen LogP contribution in [0.5, 0.6) is 0 Å². The van der Waals surface area contributed by atoms with E-state index in [1.165, 1.54) is 22.9 Å². The van der Waals surface area contributed by atoms with Gasteiger partial charge in [-0.1, -0.05) is 17.7 Å². The van der Waals surface area contributed by atoms with Crippen molar-refractivity contribution in [1.82, 2.24) is 9.78 Å². The van der Waals surface area contributed by atoms with Crippen LogP contribution in [0.15, 0.2) is 24.3 Å². The highest BCUT2D eigenvalue weighted by Crippen LogP contribution is 2.21. The predicted octanol–water partition coefficient (Wildman–Crippen LogP) is 2.94. The first-order chi connectivity index (χ1) is 8.49. The Labute approximate surface area is 107 Å². The monoisotopic (exact) mass is 269 g/mol. The second-order valence-corrected chi connectivity index (χ2v) is 4.17. The minimum atomic E-state index is -0.591. The molecule has 0 radical (unpaired) electrons. The van der Waals surface area contributed by atoms with Crippen molar-refractivity contribution >= 4 is 17.4 Å². The molecule has 0 saturated heterocycles. The molecule has 0 spiro atoms. The van der Waals surface area contributed by atoms with Gasteiger partial charge in [-0.3, -0.25) is 0 Å². The zero-order valence-electron chi connectivity index (χ0n) is 9.43. The molecule has 0 fully saturated rings. The van der Waals surface area contributed by atoms with Crippen molar-refractivity contribution in [2.75, 3.05) is 0 Å². The average molecular weight is 270 g/mol. The van der Waals surface area contributed by atoms with Crippen molar-refractivity contribution < 1.29 is 9.31 Å². The standard InChI is InChI=1S/C11H9ClFN3O2/c1-7-5-11(16(17)18)14-15(7)6-8-9(12)3-2-4-10(8)13/h2-5H,6H2,1H3. The van der Waals surface area contributed by atoms with Crippen LogP contribution in [0.2, 0.25) is 5.02 Å². The van der Waals surface area contributed by atoms with E-state index in [1.807, 2.05) is 0 Å². The molecule has 5 nitrogen and oxygen atoms in total. The molecule has 1 aromatic carbocycles. The van der Waals surface area contributed by atoms with Crippen molar-refractivity contribution in [3.63, 3.8) is 0 Å². The van der Waals surface area contributed by atoms with E-state index < -0.39 is 10.7 Å². The summed E-state index contributed by atoms with van der Waals surface area (Å²) in [5.74, 6) is -0.722. The van der Waals surface area contributed by atoms with Crippen molar-refractivity contribution in [2.45, 2.75) is 13.5 Å². The molecule has 0 aliphatic rings. The first-order valence-corrected chi connectivity index (χ1v) is 5.48. The number of nitrogens with zero attached hydrogens (tertiary/aromatic N) is 3. The molecular formula is C11H9ClFN3O2. The Hall–Kier alpha value is -1.95. The molecule has 2 aromatic rings. The molecule has 1 heterocycles. The maximum Gasteiger partial charge on any atom is 0.390 e. The minimum Gasteiger partial charge on any atom is -0.358 e. The molecule has 0 aliphatic heterocycles. The zero-order chi connectivity index (χ0) is 13.3. The summed E-state index contributed by atoms with van der Waals surface area (Å²) in [5, 5.41) is 14.6. The van der Waals surface area contributed by atoms with E-state index >= 15 is 0 Å². The number of benzene rings is 1. The Morgan fingerprint density at radius 1 is 1.56 bits per heavy atom. The Morgan fingerprint density at radius 2 is 2.28 bits per heavy atom. The normalized spacial score (nSPS) is 10.6. The summed E-state index contributed by atoms with van der Waals surface area (Å²) in [6.45, 7) is 1.72. The average Bonchev–Trinajstić information content (AvgIpc) is 2.66. The third kappa shape index (κ3) is 2.33. The van der Waals surface area contributed by atoms with E-state index in [0.717, 1.165) is 0 Å². The van der Waals surface area contributed by atoms with Crippen molar-refractivity contribution in [3.8, 4) is 0 Å². The topological polar surface area (TPSA) is 61.0 Å². The summed E-state index contributed by atoms with van der Waals surface area (Å²) in [6, 6.07) is 5.68. The van der Waals surface area contributed by atoms with Crippen LogP contribution < -0.4 is 0 Å². The third-order valence-electron chi connectivity index (χ3n) is 2.52. The first kappa shape index (κ1) is 12.5. The van der Waals surface area contributed by atoms with Gasteiger partial charge in [-0.2, -0.15) is 4.68 Å². The van der Waals surface area contributed by atoms with Crippen LogP contribution in [-0.4, -0.2) is 14.7 Å². The van der Waals surface area contributed by atoms with Crippen molar-refractivity contribution in [2.24, 2.45) is 0 Å². The van der Waals surface area contributed by atoms with Crippen LogP contribution in [0.25, 0.3) is 0 Å². The Bertz CT molecular complexity index is 592. The molecule has 0 aliphatic carbocycles. The van der Waals surface area contributed by atoms with Gasteiger partial charge in [0.05, 0.1) is 23.4 Å². The number of nitro groups is 1. The fourth-order valence-corrected chi connectivity index (χ4v) is 1.80. The first-order valence-electron chi connectivity index (χ1n) is 5.11. The van der Waals surface area contributed by atoms with Crippen LogP contribution >= 0.6 is 11.6 Å². The van der Waals surface area contributed by atoms with Gasteiger partial charge in [0.1, 0.15) is 5.82 Å². The molecule has 0 amide bonds. The molecule has 0 atom stereocenters. The van der Waals surface area contributed by atoms with E-state index in [4.69, 9.17) is 11.6 Å². The number of hydrogen-bond acceptors (Lipinski definition) is 3. The quantitative estimate of drug-likeness (QED) is 0.636. The van der Waals surface area contributed by atoms with Gasteiger partial charge in [0.15, 0.2) is 0 Å². The number of halogens is 2. The van der Waals surface area contributed by atoms with Gasteiger partial charge in [0.25, 0.3) is 0 Å². The van der Waals surface area contributed by atoms with Crippen LogP contribution in [-0.2, 0) is 6.54 Å². The molecule has 0 N–H and O–H groups in total. The molecule has 0 unspecified atom stereocenters. The van der Waals surface area contributed by atoms with E-state index in [-0.39, 0.29) is 22.9 Å². The number of aryl methyl sites for hydroxylation is 1. The van der Waals surface area contributed by atoms with E-state index in [0.29, 0.717) is 5.69 Å². The van der Waals surface area contributed by atoms with Gasteiger partial charge >= 0.3 is 5.82 Å². The smallest absolute Gasteiger partial charge is 0.358 e. The fourth-order valence-electron chi connectivity index (χ4n) is 1.58. The molecule has 7 heteroatoms. The third-order valence-corrected chi connectivity index (χ3v) is 2.88. The second kappa shape index (κ2) is 4.73. The van der Waals surface area contributed by atoms with Crippen LogP contribution in [0.1, 0.15) is 11.3 Å². The summed E-state index contributed by atoms with van der Waals surface area (Å²) in [4.78, 5) is 9.99. The summed E-state index contributed by atoms with van der Waals surface area (Å²) in [7, 11) is 0. The van der Waals surface area contributed by atoms with Gasteiger partial charge in [-0.15, -0.1) is 0 Å². The van der Waals surface area contributed by atoms with Gasteiger partial charge in [-0.25, -0.2) is 4.39 Å². The Balaban J connectivity index is 2.37. The number of hydrogen-bond donors (Lipinski definition) is 0. The highest BCUT2D eigenvalue weighted by atomic mass is 35.5. The summed E-state index contributed by atoms with van der Waals surface area (Å²) in [5.41, 5.74) is 0.835. The molecular weight excluding hydrogens is 261 g/mol. The van der Waals surface area contributed by atoms with E-state index in [2.05, 4.69) is 5.10 Å². The second-order valence-electron chi connectivity index (χ2n) is 3.76. The van der Waals surface area contributed by atoms with E-state index in [9.17, 15) is 14.5 Å². The zero-order valence-corrected chi connectivity index (χ0v) is 10.2. The highest BCUT2D eigenvalue weighted by molar-refractivity contribution is 6.31. The lowest BCUT2D eigenvalue weighted by atomic mass is 10.2. The SMILES string of the molecule is Cc1cc([N+](=O)[O-])nn1Cc1c(F)cccc1Cl. The summed E-state index contributed by atoms with van der Waals surface area (Å²) >= 11 is 5.89. The Morgan fingerprint density at radius 3 is 2.83 bits per heavy atom. The predicted molar refractivity (Wildman–Crippen MR) is 64.1 cm³/mol. The maximum atomic E-state index is 13.6. The molecule has 2 rings (SSSR count). The Kier molecular flexibility index (Phi) is 3.29. The highest BCUT2D eigenvalue weighted by Gasteiger charge is 2.17. The minimum absolute atomic E-state index is 0.0607. The number of aromatic nitrogens is 2. The fraction of sp³-hybridized carbons (Fsp3) is 0.182. The molecule has 0 bridgehead atoms. The lowest BCUT2D eigenvalue weighted by molar-refractivity contribution is -0.389. The van der Waals surface area contributed by atoms with Gasteiger partial charge < -0.3 is 10.1 Å². The van der Waals surface area contributed by atoms with E-state index in [1.54, 1.807) is 13.0 Å². The van der Waals surface area contributed by atoms with Crippen LogP contribution in [0.4, 0.5) is 10.2 Å². The molecule has 1 aromatic heterocycles. The molecule has 0 saturated carbocycles. The van der Waals surface area contributed by atoms with Crippen molar-refractivity contribution in [1.29, 1.82) is 0 Å². The largest absolute Gasteiger partial charge is 0.390 e. The summed E-state index contributed by atoms with van der Waals surface area (Å²) < 4.78 is 14.9. The lowest BCUT2D eigenvalue weighted by Gasteiger charge is -2.04. The van der Waals surface area contributed by atoms with Crippen LogP contribution in [0.3, 0.4) is 0 Å².